The summed E-state index contributed by atoms with van der Waals surface area (Å²) in [6, 6.07) is 5.96. The molecule has 148 valence electrons. The zero-order chi connectivity index (χ0) is 19.0. The van der Waals surface area contributed by atoms with E-state index < -0.39 is 0 Å². The molecule has 1 aliphatic carbocycles. The zero-order valence-electron chi connectivity index (χ0n) is 16.6. The second-order valence-electron chi connectivity index (χ2n) is 7.45. The van der Waals surface area contributed by atoms with Gasteiger partial charge in [0, 0.05) is 46.5 Å². The van der Waals surface area contributed by atoms with Crippen molar-refractivity contribution in [2.45, 2.75) is 44.9 Å². The van der Waals surface area contributed by atoms with Gasteiger partial charge in [-0.05, 0) is 43.2 Å². The summed E-state index contributed by atoms with van der Waals surface area (Å²) in [6.45, 7) is 2.65. The van der Waals surface area contributed by atoms with Crippen LogP contribution in [-0.2, 0) is 11.2 Å². The monoisotopic (exact) mass is 372 g/mol. The molecule has 0 aromatic carbocycles. The lowest BCUT2D eigenvalue weighted by Gasteiger charge is -2.29. The number of aryl methyl sites for hydroxylation is 1. The second kappa shape index (κ2) is 9.69. The lowest BCUT2D eigenvalue weighted by molar-refractivity contribution is 0.138. The molecule has 2 aromatic rings. The predicted octanol–water partition coefficient (Wildman–Crippen LogP) is 2.42. The number of methoxy groups -OCH3 is 1. The van der Waals surface area contributed by atoms with Crippen LogP contribution >= 0.6 is 0 Å². The first-order chi connectivity index (χ1) is 13.3. The van der Waals surface area contributed by atoms with Crippen LogP contribution < -0.4 is 10.6 Å². The van der Waals surface area contributed by atoms with Crippen LogP contribution in [0.2, 0.25) is 0 Å². The first kappa shape index (κ1) is 19.6. The van der Waals surface area contributed by atoms with E-state index in [1.54, 1.807) is 7.11 Å². The van der Waals surface area contributed by atoms with Gasteiger partial charge in [-0.3, -0.25) is 9.39 Å². The van der Waals surface area contributed by atoms with Crippen molar-refractivity contribution in [2.24, 2.45) is 10.4 Å². The fourth-order valence-corrected chi connectivity index (χ4v) is 3.97. The van der Waals surface area contributed by atoms with E-state index >= 15 is 0 Å². The van der Waals surface area contributed by atoms with Gasteiger partial charge in [0.05, 0.1) is 0 Å². The minimum atomic E-state index is 0.355. The molecular formula is C20H32N6O. The Balaban J connectivity index is 1.42. The summed E-state index contributed by atoms with van der Waals surface area (Å²) in [4.78, 5) is 4.37. The smallest absolute Gasteiger partial charge is 0.190 e. The number of aromatic nitrogens is 3. The summed E-state index contributed by atoms with van der Waals surface area (Å²) in [5, 5.41) is 15.4. The summed E-state index contributed by atoms with van der Waals surface area (Å²) in [6.07, 6.45) is 10.2. The average Bonchev–Trinajstić information content (AvgIpc) is 3.34. The summed E-state index contributed by atoms with van der Waals surface area (Å²) in [5.41, 5.74) is 1.25. The molecule has 1 saturated carbocycles. The molecule has 0 spiro atoms. The van der Waals surface area contributed by atoms with Gasteiger partial charge in [-0.15, -0.1) is 10.2 Å². The molecule has 27 heavy (non-hydrogen) atoms. The van der Waals surface area contributed by atoms with E-state index in [0.717, 1.165) is 56.4 Å². The second-order valence-corrected chi connectivity index (χ2v) is 7.45. The Morgan fingerprint density at radius 3 is 2.89 bits per heavy atom. The Hall–Kier alpha value is -2.15. The Morgan fingerprint density at radius 2 is 2.11 bits per heavy atom. The van der Waals surface area contributed by atoms with Gasteiger partial charge in [-0.2, -0.15) is 0 Å². The largest absolute Gasteiger partial charge is 0.385 e. The minimum absolute atomic E-state index is 0.355. The summed E-state index contributed by atoms with van der Waals surface area (Å²) in [5.74, 6) is 1.88. The first-order valence-electron chi connectivity index (χ1n) is 9.98. The van der Waals surface area contributed by atoms with Crippen LogP contribution in [0.25, 0.3) is 5.65 Å². The van der Waals surface area contributed by atoms with Crippen molar-refractivity contribution in [3.63, 3.8) is 0 Å². The normalized spacial score (nSPS) is 16.7. The van der Waals surface area contributed by atoms with Crippen molar-refractivity contribution in [2.75, 3.05) is 33.9 Å². The number of hydrogen-bond donors (Lipinski definition) is 2. The molecule has 2 heterocycles. The number of rotatable bonds is 9. The van der Waals surface area contributed by atoms with Crippen LogP contribution in [0.4, 0.5) is 0 Å². The standard InChI is InChI=1S/C20H32N6O/c1-21-19(23-16-20(12-15-27-2)10-4-5-11-20)22-13-7-9-18-25-24-17-8-3-6-14-26(17)18/h3,6,8,14H,4-5,7,9-13,15-16H2,1-2H3,(H2,21,22,23). The van der Waals surface area contributed by atoms with Crippen molar-refractivity contribution >= 4 is 11.6 Å². The lowest BCUT2D eigenvalue weighted by Crippen LogP contribution is -2.43. The van der Waals surface area contributed by atoms with E-state index in [0.29, 0.717) is 5.41 Å². The maximum atomic E-state index is 5.32. The van der Waals surface area contributed by atoms with Crippen LogP contribution in [-0.4, -0.2) is 54.4 Å². The number of aliphatic imine (C=N–C) groups is 1. The molecule has 0 atom stereocenters. The average molecular weight is 373 g/mol. The highest BCUT2D eigenvalue weighted by Gasteiger charge is 2.33. The van der Waals surface area contributed by atoms with E-state index in [-0.39, 0.29) is 0 Å². The molecule has 7 nitrogen and oxygen atoms in total. The third-order valence-corrected chi connectivity index (χ3v) is 5.61. The number of fused-ring (bicyclic) bond motifs is 1. The highest BCUT2D eigenvalue weighted by Crippen LogP contribution is 2.40. The van der Waals surface area contributed by atoms with Crippen molar-refractivity contribution in [3.8, 4) is 0 Å². The number of nitrogens with zero attached hydrogens (tertiary/aromatic N) is 4. The van der Waals surface area contributed by atoms with Gasteiger partial charge in [0.2, 0.25) is 0 Å². The van der Waals surface area contributed by atoms with Crippen molar-refractivity contribution in [1.82, 2.24) is 25.2 Å². The van der Waals surface area contributed by atoms with E-state index in [9.17, 15) is 0 Å². The fourth-order valence-electron chi connectivity index (χ4n) is 3.97. The van der Waals surface area contributed by atoms with Gasteiger partial charge < -0.3 is 15.4 Å². The maximum Gasteiger partial charge on any atom is 0.190 e. The first-order valence-corrected chi connectivity index (χ1v) is 9.98. The number of ether oxygens (including phenoxy) is 1. The Morgan fingerprint density at radius 1 is 1.26 bits per heavy atom. The zero-order valence-corrected chi connectivity index (χ0v) is 16.6. The third kappa shape index (κ3) is 5.19. The summed E-state index contributed by atoms with van der Waals surface area (Å²) in [7, 11) is 3.62. The number of pyridine rings is 1. The molecule has 0 amide bonds. The topological polar surface area (TPSA) is 75.8 Å². The van der Waals surface area contributed by atoms with Crippen molar-refractivity contribution in [3.05, 3.63) is 30.2 Å². The van der Waals surface area contributed by atoms with Crippen molar-refractivity contribution < 1.29 is 4.74 Å². The van der Waals surface area contributed by atoms with E-state index in [2.05, 4.69) is 25.8 Å². The van der Waals surface area contributed by atoms with E-state index in [1.165, 1.54) is 25.7 Å². The highest BCUT2D eigenvalue weighted by atomic mass is 16.5. The Labute approximate surface area is 161 Å². The number of guanidine groups is 1. The minimum Gasteiger partial charge on any atom is -0.385 e. The third-order valence-electron chi connectivity index (χ3n) is 5.61. The van der Waals surface area contributed by atoms with Crippen LogP contribution in [0.15, 0.2) is 29.4 Å². The maximum absolute atomic E-state index is 5.32. The van der Waals surface area contributed by atoms with Crippen LogP contribution in [0.5, 0.6) is 0 Å². The van der Waals surface area contributed by atoms with Gasteiger partial charge >= 0.3 is 0 Å². The molecule has 1 fully saturated rings. The summed E-state index contributed by atoms with van der Waals surface area (Å²) >= 11 is 0. The van der Waals surface area contributed by atoms with Crippen LogP contribution in [0.1, 0.15) is 44.3 Å². The Bertz CT molecular complexity index is 735. The van der Waals surface area contributed by atoms with Gasteiger partial charge in [0.25, 0.3) is 0 Å². The van der Waals surface area contributed by atoms with Gasteiger partial charge in [0.1, 0.15) is 5.82 Å². The lowest BCUT2D eigenvalue weighted by atomic mass is 9.83. The number of nitrogens with one attached hydrogen (secondary N) is 2. The molecule has 0 bridgehead atoms. The van der Waals surface area contributed by atoms with Gasteiger partial charge in [0.15, 0.2) is 11.6 Å². The molecule has 7 heteroatoms. The SMILES string of the molecule is CN=C(NCCCc1nnc2ccccn12)NCC1(CCOC)CCCC1. The van der Waals surface area contributed by atoms with Gasteiger partial charge in [-0.1, -0.05) is 18.9 Å². The molecule has 3 rings (SSSR count). The molecule has 0 saturated heterocycles. The molecule has 1 aliphatic rings. The molecule has 2 aromatic heterocycles. The van der Waals surface area contributed by atoms with Crippen LogP contribution in [0, 0.1) is 5.41 Å². The molecule has 2 N–H and O–H groups in total. The quantitative estimate of drug-likeness (QED) is 0.402. The summed E-state index contributed by atoms with van der Waals surface area (Å²) < 4.78 is 7.37. The highest BCUT2D eigenvalue weighted by molar-refractivity contribution is 5.79. The van der Waals surface area contributed by atoms with Crippen molar-refractivity contribution in [1.29, 1.82) is 0 Å². The number of hydrogen-bond acceptors (Lipinski definition) is 4. The Kier molecular flexibility index (Phi) is 7.04. The fraction of sp³-hybridized carbons (Fsp3) is 0.650. The predicted molar refractivity (Wildman–Crippen MR) is 108 cm³/mol. The molecule has 0 unspecified atom stereocenters. The van der Waals surface area contributed by atoms with E-state index in [4.69, 9.17) is 4.74 Å². The van der Waals surface area contributed by atoms with E-state index in [1.807, 2.05) is 35.8 Å². The molecule has 0 aliphatic heterocycles. The molecule has 0 radical (unpaired) electrons. The van der Waals surface area contributed by atoms with Gasteiger partial charge in [-0.25, -0.2) is 0 Å². The molecular weight excluding hydrogens is 340 g/mol. The van der Waals surface area contributed by atoms with Crippen LogP contribution in [0.3, 0.4) is 0 Å².